The summed E-state index contributed by atoms with van der Waals surface area (Å²) in [5.41, 5.74) is 2.10. The van der Waals surface area contributed by atoms with Gasteiger partial charge in [0.05, 0.1) is 28.4 Å². The Balaban J connectivity index is 2.01. The van der Waals surface area contributed by atoms with E-state index < -0.39 is 0 Å². The van der Waals surface area contributed by atoms with Crippen molar-refractivity contribution in [2.45, 2.75) is 0 Å². The molecule has 0 saturated carbocycles. The van der Waals surface area contributed by atoms with Gasteiger partial charge in [0, 0.05) is 17.2 Å². The highest BCUT2D eigenvalue weighted by molar-refractivity contribution is 5.72. The number of benzene rings is 2. The minimum atomic E-state index is 0.396. The molecule has 0 aliphatic heterocycles. The van der Waals surface area contributed by atoms with E-state index in [4.69, 9.17) is 34.2 Å². The fourth-order valence-electron chi connectivity index (χ4n) is 2.70. The van der Waals surface area contributed by atoms with Crippen LogP contribution < -0.4 is 29.7 Å². The van der Waals surface area contributed by atoms with Crippen LogP contribution in [0.15, 0.2) is 40.9 Å². The summed E-state index contributed by atoms with van der Waals surface area (Å²) in [6.07, 6.45) is 0. The summed E-state index contributed by atoms with van der Waals surface area (Å²) in [5, 5.41) is 4.12. The van der Waals surface area contributed by atoms with Crippen LogP contribution in [-0.4, -0.2) is 33.6 Å². The number of methoxy groups -OCH3 is 4. The Morgan fingerprint density at radius 2 is 1.37 bits per heavy atom. The molecule has 2 N–H and O–H groups in total. The van der Waals surface area contributed by atoms with Crippen molar-refractivity contribution in [2.75, 3.05) is 28.4 Å². The first-order chi connectivity index (χ1) is 13.1. The summed E-state index contributed by atoms with van der Waals surface area (Å²) in [5.74, 6) is 8.30. The van der Waals surface area contributed by atoms with Crippen molar-refractivity contribution in [2.24, 2.45) is 5.90 Å². The highest BCUT2D eigenvalue weighted by Gasteiger charge is 2.17. The van der Waals surface area contributed by atoms with E-state index in [9.17, 15) is 0 Å². The summed E-state index contributed by atoms with van der Waals surface area (Å²) in [6.45, 7) is 0. The highest BCUT2D eigenvalue weighted by Crippen LogP contribution is 2.42. The third-order valence-electron chi connectivity index (χ3n) is 4.05. The van der Waals surface area contributed by atoms with Gasteiger partial charge >= 0.3 is 0 Å². The van der Waals surface area contributed by atoms with Crippen LogP contribution in [0.4, 0.5) is 0 Å². The van der Waals surface area contributed by atoms with Gasteiger partial charge in [-0.3, -0.25) is 0 Å². The molecule has 142 valence electrons. The van der Waals surface area contributed by atoms with Gasteiger partial charge < -0.3 is 28.3 Å². The van der Waals surface area contributed by atoms with E-state index >= 15 is 0 Å². The zero-order chi connectivity index (χ0) is 19.4. The SMILES string of the molecule is COc1ccc(-c2cc(-c3cc(OC)c(OC)c(OC)c3)on2)cc1ON. The van der Waals surface area contributed by atoms with Crippen LogP contribution in [0.1, 0.15) is 0 Å². The fraction of sp³-hybridized carbons (Fsp3) is 0.211. The smallest absolute Gasteiger partial charge is 0.203 e. The van der Waals surface area contributed by atoms with Gasteiger partial charge in [0.1, 0.15) is 5.69 Å². The van der Waals surface area contributed by atoms with E-state index in [0.29, 0.717) is 40.2 Å². The first-order valence-electron chi connectivity index (χ1n) is 7.97. The molecule has 8 nitrogen and oxygen atoms in total. The van der Waals surface area contributed by atoms with Gasteiger partial charge in [-0.15, -0.1) is 0 Å². The molecule has 1 heterocycles. The van der Waals surface area contributed by atoms with Crippen molar-refractivity contribution in [1.82, 2.24) is 5.16 Å². The quantitative estimate of drug-likeness (QED) is 0.631. The molecular formula is C19H20N2O6. The van der Waals surface area contributed by atoms with Crippen LogP contribution >= 0.6 is 0 Å². The lowest BCUT2D eigenvalue weighted by Gasteiger charge is -2.12. The third-order valence-corrected chi connectivity index (χ3v) is 4.05. The Hall–Kier alpha value is -3.39. The summed E-state index contributed by atoms with van der Waals surface area (Å²) in [6, 6.07) is 10.7. The van der Waals surface area contributed by atoms with E-state index in [-0.39, 0.29) is 0 Å². The number of hydrogen-bond donors (Lipinski definition) is 1. The molecule has 0 spiro atoms. The molecule has 0 bridgehead atoms. The lowest BCUT2D eigenvalue weighted by atomic mass is 10.1. The third kappa shape index (κ3) is 3.47. The van der Waals surface area contributed by atoms with Crippen molar-refractivity contribution in [3.8, 4) is 51.3 Å². The van der Waals surface area contributed by atoms with Crippen LogP contribution in [0, 0.1) is 0 Å². The Morgan fingerprint density at radius 3 is 1.93 bits per heavy atom. The van der Waals surface area contributed by atoms with E-state index in [2.05, 4.69) is 5.16 Å². The molecule has 0 aliphatic rings. The Labute approximate surface area is 156 Å². The van der Waals surface area contributed by atoms with Crippen molar-refractivity contribution >= 4 is 0 Å². The summed E-state index contributed by atoms with van der Waals surface area (Å²) < 4.78 is 26.8. The van der Waals surface area contributed by atoms with Crippen molar-refractivity contribution < 1.29 is 28.3 Å². The lowest BCUT2D eigenvalue weighted by molar-refractivity contribution is 0.306. The summed E-state index contributed by atoms with van der Waals surface area (Å²) in [7, 11) is 6.20. The second kappa shape index (κ2) is 7.88. The molecule has 27 heavy (non-hydrogen) atoms. The lowest BCUT2D eigenvalue weighted by Crippen LogP contribution is -2.03. The van der Waals surface area contributed by atoms with Crippen molar-refractivity contribution in [3.05, 3.63) is 36.4 Å². The fourth-order valence-corrected chi connectivity index (χ4v) is 2.70. The Kier molecular flexibility index (Phi) is 5.37. The summed E-state index contributed by atoms with van der Waals surface area (Å²) >= 11 is 0. The number of nitrogens with zero attached hydrogens (tertiary/aromatic N) is 1. The summed E-state index contributed by atoms with van der Waals surface area (Å²) in [4.78, 5) is 4.85. The van der Waals surface area contributed by atoms with Gasteiger partial charge in [-0.25, -0.2) is 0 Å². The zero-order valence-electron chi connectivity index (χ0n) is 15.4. The van der Waals surface area contributed by atoms with Crippen molar-refractivity contribution in [1.29, 1.82) is 0 Å². The molecule has 0 unspecified atom stereocenters. The minimum Gasteiger partial charge on any atom is -0.493 e. The predicted octanol–water partition coefficient (Wildman–Crippen LogP) is 3.30. The maximum absolute atomic E-state index is 5.50. The van der Waals surface area contributed by atoms with Crippen LogP contribution in [0.5, 0.6) is 28.7 Å². The van der Waals surface area contributed by atoms with Crippen molar-refractivity contribution in [3.63, 3.8) is 0 Å². The van der Waals surface area contributed by atoms with Gasteiger partial charge in [0.2, 0.25) is 5.75 Å². The first kappa shape index (κ1) is 18.4. The van der Waals surface area contributed by atoms with E-state index in [1.54, 1.807) is 51.7 Å². The molecule has 1 aromatic heterocycles. The van der Waals surface area contributed by atoms with Gasteiger partial charge in [-0.05, 0) is 30.3 Å². The molecule has 0 radical (unpaired) electrons. The van der Waals surface area contributed by atoms with Gasteiger partial charge in [0.15, 0.2) is 28.8 Å². The van der Waals surface area contributed by atoms with Gasteiger partial charge in [0.25, 0.3) is 0 Å². The maximum atomic E-state index is 5.50. The molecule has 3 aromatic rings. The normalized spacial score (nSPS) is 10.4. The first-order valence-corrected chi connectivity index (χ1v) is 7.97. The number of nitrogens with two attached hydrogens (primary N) is 1. The molecule has 0 atom stereocenters. The second-order valence-corrected chi connectivity index (χ2v) is 5.47. The average Bonchev–Trinajstić information content (AvgIpc) is 3.22. The Morgan fingerprint density at radius 1 is 0.741 bits per heavy atom. The highest BCUT2D eigenvalue weighted by atomic mass is 16.6. The average molecular weight is 372 g/mol. The predicted molar refractivity (Wildman–Crippen MR) is 98.4 cm³/mol. The number of hydrogen-bond acceptors (Lipinski definition) is 8. The second-order valence-electron chi connectivity index (χ2n) is 5.47. The molecule has 0 amide bonds. The molecule has 0 saturated heterocycles. The van der Waals surface area contributed by atoms with Crippen LogP contribution in [0.2, 0.25) is 0 Å². The molecule has 3 rings (SSSR count). The largest absolute Gasteiger partial charge is 0.493 e. The number of rotatable bonds is 7. The monoisotopic (exact) mass is 372 g/mol. The Bertz CT molecular complexity index is 913. The minimum absolute atomic E-state index is 0.396. The maximum Gasteiger partial charge on any atom is 0.203 e. The van der Waals surface area contributed by atoms with Crippen LogP contribution in [0.25, 0.3) is 22.6 Å². The molecule has 8 heteroatoms. The molecular weight excluding hydrogens is 352 g/mol. The molecule has 0 aliphatic carbocycles. The number of ether oxygens (including phenoxy) is 4. The van der Waals surface area contributed by atoms with Crippen LogP contribution in [-0.2, 0) is 0 Å². The van der Waals surface area contributed by atoms with E-state index in [1.807, 2.05) is 6.07 Å². The standard InChI is InChI=1S/C19H20N2O6/c1-22-14-6-5-11(7-16(14)26-20)13-10-15(27-21-13)12-8-17(23-2)19(25-4)18(9-12)24-3/h5-10H,20H2,1-4H3. The number of aromatic nitrogens is 1. The zero-order valence-corrected chi connectivity index (χ0v) is 15.4. The van der Waals surface area contributed by atoms with Gasteiger partial charge in [-0.2, -0.15) is 5.90 Å². The molecule has 0 fully saturated rings. The van der Waals surface area contributed by atoms with Gasteiger partial charge in [-0.1, -0.05) is 5.16 Å². The topological polar surface area (TPSA) is 98.2 Å². The van der Waals surface area contributed by atoms with Crippen LogP contribution in [0.3, 0.4) is 0 Å². The van der Waals surface area contributed by atoms with E-state index in [0.717, 1.165) is 11.1 Å². The molecule has 2 aromatic carbocycles. The van der Waals surface area contributed by atoms with E-state index in [1.165, 1.54) is 7.11 Å².